The second kappa shape index (κ2) is 9.16. The molecule has 0 saturated carbocycles. The maximum atomic E-state index is 13.0. The molecule has 0 aliphatic carbocycles. The predicted octanol–water partition coefficient (Wildman–Crippen LogP) is 3.16. The monoisotopic (exact) mass is 367 g/mol. The van der Waals surface area contributed by atoms with Gasteiger partial charge in [-0.25, -0.2) is 4.79 Å². The predicted molar refractivity (Wildman–Crippen MR) is 102 cm³/mol. The second-order valence-corrected chi connectivity index (χ2v) is 6.62. The lowest BCUT2D eigenvalue weighted by Gasteiger charge is -2.32. The average Bonchev–Trinajstić information content (AvgIpc) is 2.73. The molecule has 2 heterocycles. The van der Waals surface area contributed by atoms with Crippen LogP contribution in [0.2, 0.25) is 0 Å². The minimum atomic E-state index is -0.344. The summed E-state index contributed by atoms with van der Waals surface area (Å²) in [6, 6.07) is 13.4. The lowest BCUT2D eigenvalue weighted by molar-refractivity contribution is -0.127. The number of hydrogen-bond acceptors (Lipinski definition) is 4. The van der Waals surface area contributed by atoms with Crippen LogP contribution in [-0.4, -0.2) is 41.6 Å². The summed E-state index contributed by atoms with van der Waals surface area (Å²) in [7, 11) is 0. The summed E-state index contributed by atoms with van der Waals surface area (Å²) in [4.78, 5) is 30.7. The molecule has 1 saturated heterocycles. The molecule has 1 aliphatic heterocycles. The molecule has 0 bridgehead atoms. The zero-order chi connectivity index (χ0) is 19.1. The molecular formula is C21H25N3O3. The van der Waals surface area contributed by atoms with Gasteiger partial charge in [-0.15, -0.1) is 0 Å². The maximum Gasteiger partial charge on any atom is 0.409 e. The van der Waals surface area contributed by atoms with Crippen LogP contribution in [0.25, 0.3) is 0 Å². The summed E-state index contributed by atoms with van der Waals surface area (Å²) < 4.78 is 5.08. The number of amides is 2. The van der Waals surface area contributed by atoms with Crippen LogP contribution >= 0.6 is 0 Å². The molecule has 1 aliphatic rings. The zero-order valence-corrected chi connectivity index (χ0v) is 15.5. The Kier molecular flexibility index (Phi) is 6.41. The van der Waals surface area contributed by atoms with E-state index in [0.29, 0.717) is 19.7 Å². The molecular weight excluding hydrogens is 342 g/mol. The van der Waals surface area contributed by atoms with Crippen molar-refractivity contribution in [3.8, 4) is 0 Å². The highest BCUT2D eigenvalue weighted by molar-refractivity contribution is 5.81. The van der Waals surface area contributed by atoms with Crippen molar-refractivity contribution in [2.45, 2.75) is 25.8 Å². The van der Waals surface area contributed by atoms with E-state index in [1.54, 1.807) is 24.2 Å². The van der Waals surface area contributed by atoms with Crippen molar-refractivity contribution in [2.75, 3.05) is 19.7 Å². The number of nitrogens with zero attached hydrogens (tertiary/aromatic N) is 2. The number of likely N-dealkylation sites (tertiary alicyclic amines) is 1. The lowest BCUT2D eigenvalue weighted by atomic mass is 9.94. The minimum absolute atomic E-state index is 0.0466. The molecule has 2 atom stereocenters. The fourth-order valence-electron chi connectivity index (χ4n) is 3.39. The van der Waals surface area contributed by atoms with Crippen molar-refractivity contribution in [3.05, 3.63) is 66.0 Å². The van der Waals surface area contributed by atoms with E-state index in [2.05, 4.69) is 10.3 Å². The summed E-state index contributed by atoms with van der Waals surface area (Å²) >= 11 is 0. The molecule has 2 amide bonds. The van der Waals surface area contributed by atoms with Gasteiger partial charge in [0.2, 0.25) is 5.91 Å². The average molecular weight is 367 g/mol. The molecule has 1 fully saturated rings. The van der Waals surface area contributed by atoms with Crippen LogP contribution in [-0.2, 0) is 9.53 Å². The highest BCUT2D eigenvalue weighted by atomic mass is 16.6. The molecule has 6 nitrogen and oxygen atoms in total. The molecule has 0 radical (unpaired) electrons. The number of rotatable bonds is 5. The molecule has 2 unspecified atom stereocenters. The van der Waals surface area contributed by atoms with Crippen molar-refractivity contribution in [3.63, 3.8) is 0 Å². The molecule has 27 heavy (non-hydrogen) atoms. The molecule has 1 aromatic carbocycles. The highest BCUT2D eigenvalue weighted by Crippen LogP contribution is 2.24. The fraction of sp³-hybridized carbons (Fsp3) is 0.381. The lowest BCUT2D eigenvalue weighted by Crippen LogP contribution is -2.46. The first-order chi connectivity index (χ1) is 13.2. The Hall–Kier alpha value is -2.89. The number of piperidine rings is 1. The van der Waals surface area contributed by atoms with Gasteiger partial charge in [0.1, 0.15) is 0 Å². The van der Waals surface area contributed by atoms with Crippen molar-refractivity contribution < 1.29 is 14.3 Å². The smallest absolute Gasteiger partial charge is 0.409 e. The zero-order valence-electron chi connectivity index (χ0n) is 15.5. The number of hydrogen-bond donors (Lipinski definition) is 1. The first-order valence-electron chi connectivity index (χ1n) is 9.36. The van der Waals surface area contributed by atoms with Gasteiger partial charge in [0, 0.05) is 25.5 Å². The van der Waals surface area contributed by atoms with Crippen LogP contribution in [0.5, 0.6) is 0 Å². The number of nitrogens with one attached hydrogen (secondary N) is 1. The topological polar surface area (TPSA) is 71.5 Å². The van der Waals surface area contributed by atoms with E-state index < -0.39 is 0 Å². The van der Waals surface area contributed by atoms with Crippen molar-refractivity contribution >= 4 is 12.0 Å². The molecule has 1 aromatic heterocycles. The van der Waals surface area contributed by atoms with Crippen molar-refractivity contribution in [1.82, 2.24) is 15.2 Å². The Bertz CT molecular complexity index is 712. The number of benzene rings is 1. The van der Waals surface area contributed by atoms with Gasteiger partial charge in [-0.1, -0.05) is 30.3 Å². The van der Waals surface area contributed by atoms with Gasteiger partial charge in [-0.2, -0.15) is 0 Å². The number of carbonyl (C=O) groups excluding carboxylic acids is 2. The SMILES string of the molecule is CCOC(=O)N1CCCC(C(=O)NC(c2ccccc2)c2ccncc2)C1. The third kappa shape index (κ3) is 4.84. The summed E-state index contributed by atoms with van der Waals surface area (Å²) in [6.45, 7) is 3.15. The Morgan fingerprint density at radius 1 is 1.19 bits per heavy atom. The van der Waals surface area contributed by atoms with Crippen LogP contribution in [0.15, 0.2) is 54.9 Å². The third-order valence-corrected chi connectivity index (χ3v) is 4.78. The molecule has 3 rings (SSSR count). The standard InChI is InChI=1S/C21H25N3O3/c1-2-27-21(26)24-14-6-9-18(15-24)20(25)23-19(16-7-4-3-5-8-16)17-10-12-22-13-11-17/h3-5,7-8,10-13,18-19H,2,6,9,14-15H2,1H3,(H,23,25). The number of carbonyl (C=O) groups is 2. The quantitative estimate of drug-likeness (QED) is 0.881. The fourth-order valence-corrected chi connectivity index (χ4v) is 3.39. The number of aromatic nitrogens is 1. The summed E-state index contributed by atoms with van der Waals surface area (Å²) in [5.74, 6) is -0.286. The van der Waals surface area contributed by atoms with E-state index in [4.69, 9.17) is 4.74 Å². The summed E-state index contributed by atoms with van der Waals surface area (Å²) in [6.07, 6.45) is 4.66. The first-order valence-corrected chi connectivity index (χ1v) is 9.36. The van der Waals surface area contributed by atoms with E-state index in [-0.39, 0.29) is 24.0 Å². The molecule has 2 aromatic rings. The Morgan fingerprint density at radius 2 is 1.89 bits per heavy atom. The van der Waals surface area contributed by atoms with E-state index in [0.717, 1.165) is 24.0 Å². The second-order valence-electron chi connectivity index (χ2n) is 6.62. The minimum Gasteiger partial charge on any atom is -0.450 e. The van der Waals surface area contributed by atoms with E-state index in [9.17, 15) is 9.59 Å². The van der Waals surface area contributed by atoms with Gasteiger partial charge in [0.05, 0.1) is 18.6 Å². The van der Waals surface area contributed by atoms with E-state index in [1.165, 1.54) is 0 Å². The maximum absolute atomic E-state index is 13.0. The van der Waals surface area contributed by atoms with Crippen LogP contribution < -0.4 is 5.32 Å². The highest BCUT2D eigenvalue weighted by Gasteiger charge is 2.30. The van der Waals surface area contributed by atoms with Gasteiger partial charge in [-0.05, 0) is 43.0 Å². The van der Waals surface area contributed by atoms with E-state index in [1.807, 2.05) is 42.5 Å². The Morgan fingerprint density at radius 3 is 2.59 bits per heavy atom. The van der Waals surface area contributed by atoms with Gasteiger partial charge >= 0.3 is 6.09 Å². The Balaban J connectivity index is 1.74. The normalized spacial score (nSPS) is 17.8. The molecule has 142 valence electrons. The Labute approximate surface area is 159 Å². The number of ether oxygens (including phenoxy) is 1. The molecule has 1 N–H and O–H groups in total. The largest absolute Gasteiger partial charge is 0.450 e. The van der Waals surface area contributed by atoms with Gasteiger partial charge in [0.25, 0.3) is 0 Å². The van der Waals surface area contributed by atoms with Gasteiger partial charge in [0.15, 0.2) is 0 Å². The van der Waals surface area contributed by atoms with E-state index >= 15 is 0 Å². The molecule has 6 heteroatoms. The molecule has 0 spiro atoms. The van der Waals surface area contributed by atoms with Gasteiger partial charge in [-0.3, -0.25) is 9.78 Å². The summed E-state index contributed by atoms with van der Waals surface area (Å²) in [5, 5.41) is 3.17. The summed E-state index contributed by atoms with van der Waals surface area (Å²) in [5.41, 5.74) is 1.98. The van der Waals surface area contributed by atoms with Crippen LogP contribution in [0, 0.1) is 5.92 Å². The van der Waals surface area contributed by atoms with Gasteiger partial charge < -0.3 is 15.0 Å². The van der Waals surface area contributed by atoms with Crippen molar-refractivity contribution in [2.24, 2.45) is 5.92 Å². The third-order valence-electron chi connectivity index (χ3n) is 4.78. The van der Waals surface area contributed by atoms with Crippen LogP contribution in [0.4, 0.5) is 4.79 Å². The van der Waals surface area contributed by atoms with Crippen molar-refractivity contribution in [1.29, 1.82) is 0 Å². The van der Waals surface area contributed by atoms with Crippen LogP contribution in [0.1, 0.15) is 36.9 Å². The number of pyridine rings is 1. The van der Waals surface area contributed by atoms with Crippen LogP contribution in [0.3, 0.4) is 0 Å². The first kappa shape index (κ1) is 18.9.